The van der Waals surface area contributed by atoms with Gasteiger partial charge in [0.1, 0.15) is 5.82 Å². The number of aromatic nitrogens is 3. The second-order valence-corrected chi connectivity index (χ2v) is 5.73. The Morgan fingerprint density at radius 2 is 2.25 bits per heavy atom. The van der Waals surface area contributed by atoms with Gasteiger partial charge in [-0.15, -0.1) is 0 Å². The van der Waals surface area contributed by atoms with E-state index in [0.717, 1.165) is 30.8 Å². The lowest BCUT2D eigenvalue weighted by Gasteiger charge is -2.31. The van der Waals surface area contributed by atoms with E-state index in [0.29, 0.717) is 31.5 Å². The predicted octanol–water partition coefficient (Wildman–Crippen LogP) is 1.84. The summed E-state index contributed by atoms with van der Waals surface area (Å²) in [6, 6.07) is 5.72. The topological polar surface area (TPSA) is 83.4 Å². The fraction of sp³-hybridized carbons (Fsp3) is 0.471. The molecule has 1 aliphatic heterocycles. The molecule has 1 atom stereocenters. The van der Waals surface area contributed by atoms with Gasteiger partial charge in [0.25, 0.3) is 0 Å². The average Bonchev–Trinajstić information content (AvgIpc) is 2.61. The lowest BCUT2D eigenvalue weighted by atomic mass is 10.1. The van der Waals surface area contributed by atoms with Gasteiger partial charge in [-0.2, -0.15) is 4.98 Å². The minimum atomic E-state index is -0.283. The summed E-state index contributed by atoms with van der Waals surface area (Å²) in [4.78, 5) is 15.2. The number of anilines is 2. The van der Waals surface area contributed by atoms with Crippen molar-refractivity contribution in [1.29, 1.82) is 0 Å². The van der Waals surface area contributed by atoms with Gasteiger partial charge < -0.3 is 20.1 Å². The van der Waals surface area contributed by atoms with Gasteiger partial charge in [-0.3, -0.25) is 0 Å². The van der Waals surface area contributed by atoms with Gasteiger partial charge in [-0.1, -0.05) is 6.07 Å². The van der Waals surface area contributed by atoms with E-state index in [1.165, 1.54) is 0 Å². The quantitative estimate of drug-likeness (QED) is 0.836. The maximum atomic E-state index is 9.82. The van der Waals surface area contributed by atoms with Crippen molar-refractivity contribution >= 4 is 11.8 Å². The van der Waals surface area contributed by atoms with Crippen molar-refractivity contribution in [2.75, 3.05) is 29.9 Å². The van der Waals surface area contributed by atoms with Gasteiger partial charge >= 0.3 is 0 Å². The van der Waals surface area contributed by atoms with Crippen molar-refractivity contribution in [2.24, 2.45) is 0 Å². The molecule has 0 radical (unpaired) electrons. The van der Waals surface area contributed by atoms with Crippen molar-refractivity contribution in [1.82, 2.24) is 15.0 Å². The zero-order valence-electron chi connectivity index (χ0n) is 13.9. The van der Waals surface area contributed by atoms with Gasteiger partial charge in [0.05, 0.1) is 12.7 Å². The van der Waals surface area contributed by atoms with Gasteiger partial charge in [0, 0.05) is 37.6 Å². The molecule has 0 amide bonds. The first-order valence-corrected chi connectivity index (χ1v) is 8.33. The van der Waals surface area contributed by atoms with Crippen molar-refractivity contribution in [3.8, 4) is 5.88 Å². The Hall–Kier alpha value is -2.41. The van der Waals surface area contributed by atoms with Crippen LogP contribution in [0.4, 0.5) is 11.8 Å². The molecule has 2 N–H and O–H groups in total. The number of β-amino-alcohol motifs (C(OH)–C–C–N with tert-alkyl or cyclic N) is 1. The molecular weight excluding hydrogens is 306 g/mol. The summed E-state index contributed by atoms with van der Waals surface area (Å²) >= 11 is 0. The SMILES string of the molecule is CCOc1ncccc1CNc1nccc(N2CCCC(O)C2)n1. The zero-order chi connectivity index (χ0) is 16.8. The number of hydrogen-bond donors (Lipinski definition) is 2. The van der Waals surface area contributed by atoms with E-state index in [-0.39, 0.29) is 6.10 Å². The number of aliphatic hydroxyl groups excluding tert-OH is 1. The largest absolute Gasteiger partial charge is 0.478 e. The van der Waals surface area contributed by atoms with E-state index in [1.54, 1.807) is 12.4 Å². The third-order valence-corrected chi connectivity index (χ3v) is 3.93. The van der Waals surface area contributed by atoms with Gasteiger partial charge in [-0.25, -0.2) is 9.97 Å². The lowest BCUT2D eigenvalue weighted by Crippen LogP contribution is -2.38. The standard InChI is InChI=1S/C17H23N5O2/c1-2-24-16-13(5-3-8-18-16)11-20-17-19-9-7-15(21-17)22-10-4-6-14(23)12-22/h3,5,7-9,14,23H,2,4,6,10-12H2,1H3,(H,19,20,21). The van der Waals surface area contributed by atoms with Crippen LogP contribution in [-0.4, -0.2) is 45.9 Å². The number of piperidine rings is 1. The number of ether oxygens (including phenoxy) is 1. The summed E-state index contributed by atoms with van der Waals surface area (Å²) in [5.74, 6) is 2.02. The highest BCUT2D eigenvalue weighted by Gasteiger charge is 2.19. The number of hydrogen-bond acceptors (Lipinski definition) is 7. The molecule has 0 spiro atoms. The summed E-state index contributed by atoms with van der Waals surface area (Å²) in [7, 11) is 0. The van der Waals surface area contributed by atoms with Crippen LogP contribution >= 0.6 is 0 Å². The average molecular weight is 329 g/mol. The minimum absolute atomic E-state index is 0.283. The normalized spacial score (nSPS) is 17.6. The molecule has 24 heavy (non-hydrogen) atoms. The maximum Gasteiger partial charge on any atom is 0.224 e. The first kappa shape index (κ1) is 16.4. The number of pyridine rings is 1. The van der Waals surface area contributed by atoms with Crippen molar-refractivity contribution < 1.29 is 9.84 Å². The highest BCUT2D eigenvalue weighted by Crippen LogP contribution is 2.19. The van der Waals surface area contributed by atoms with Crippen LogP contribution in [0.3, 0.4) is 0 Å². The summed E-state index contributed by atoms with van der Waals surface area (Å²) in [5.41, 5.74) is 0.960. The number of nitrogens with one attached hydrogen (secondary N) is 1. The van der Waals surface area contributed by atoms with Crippen LogP contribution in [0.25, 0.3) is 0 Å². The third kappa shape index (κ3) is 4.11. The summed E-state index contributed by atoms with van der Waals surface area (Å²) in [5, 5.41) is 13.0. The first-order chi connectivity index (χ1) is 11.8. The Labute approximate surface area is 141 Å². The predicted molar refractivity (Wildman–Crippen MR) is 92.2 cm³/mol. The van der Waals surface area contributed by atoms with Crippen molar-refractivity contribution in [2.45, 2.75) is 32.4 Å². The van der Waals surface area contributed by atoms with Crippen LogP contribution in [0.15, 0.2) is 30.6 Å². The smallest absolute Gasteiger partial charge is 0.224 e. The molecule has 7 heteroatoms. The van der Waals surface area contributed by atoms with Crippen molar-refractivity contribution in [3.63, 3.8) is 0 Å². The molecule has 1 unspecified atom stereocenters. The molecule has 7 nitrogen and oxygen atoms in total. The summed E-state index contributed by atoms with van der Waals surface area (Å²) in [6.45, 7) is 4.58. The van der Waals surface area contributed by atoms with Crippen LogP contribution in [0.1, 0.15) is 25.3 Å². The molecule has 1 saturated heterocycles. The van der Waals surface area contributed by atoms with E-state index >= 15 is 0 Å². The van der Waals surface area contributed by atoms with Crippen LogP contribution in [0.2, 0.25) is 0 Å². The molecular formula is C17H23N5O2. The number of rotatable bonds is 6. The Morgan fingerprint density at radius 3 is 3.08 bits per heavy atom. The Kier molecular flexibility index (Phi) is 5.43. The summed E-state index contributed by atoms with van der Waals surface area (Å²) in [6.07, 6.45) is 5.00. The minimum Gasteiger partial charge on any atom is -0.478 e. The van der Waals surface area contributed by atoms with E-state index in [9.17, 15) is 5.11 Å². The second kappa shape index (κ2) is 7.92. The molecule has 0 bridgehead atoms. The van der Waals surface area contributed by atoms with Crippen LogP contribution in [0.5, 0.6) is 5.88 Å². The lowest BCUT2D eigenvalue weighted by molar-refractivity contribution is 0.154. The van der Waals surface area contributed by atoms with Crippen LogP contribution in [0, 0.1) is 0 Å². The molecule has 1 aliphatic rings. The Morgan fingerprint density at radius 1 is 1.33 bits per heavy atom. The highest BCUT2D eigenvalue weighted by atomic mass is 16.5. The number of nitrogens with zero attached hydrogens (tertiary/aromatic N) is 4. The van der Waals surface area contributed by atoms with Gasteiger partial charge in [0.2, 0.25) is 11.8 Å². The molecule has 2 aromatic rings. The molecule has 128 valence electrons. The van der Waals surface area contributed by atoms with E-state index in [2.05, 4.69) is 25.2 Å². The zero-order valence-corrected chi connectivity index (χ0v) is 13.9. The molecule has 0 saturated carbocycles. The first-order valence-electron chi connectivity index (χ1n) is 8.33. The fourth-order valence-electron chi connectivity index (χ4n) is 2.77. The molecule has 3 rings (SSSR count). The van der Waals surface area contributed by atoms with E-state index in [4.69, 9.17) is 4.74 Å². The van der Waals surface area contributed by atoms with E-state index in [1.807, 2.05) is 25.1 Å². The summed E-state index contributed by atoms with van der Waals surface area (Å²) < 4.78 is 5.53. The fourth-order valence-corrected chi connectivity index (χ4v) is 2.77. The molecule has 2 aromatic heterocycles. The van der Waals surface area contributed by atoms with Crippen molar-refractivity contribution in [3.05, 3.63) is 36.2 Å². The Balaban J connectivity index is 1.67. The Bertz CT molecular complexity index is 667. The number of aliphatic hydroxyl groups is 1. The molecule has 0 aromatic carbocycles. The third-order valence-electron chi connectivity index (χ3n) is 3.93. The monoisotopic (exact) mass is 329 g/mol. The highest BCUT2D eigenvalue weighted by molar-refractivity contribution is 5.43. The van der Waals surface area contributed by atoms with E-state index < -0.39 is 0 Å². The van der Waals surface area contributed by atoms with Crippen LogP contribution < -0.4 is 15.0 Å². The van der Waals surface area contributed by atoms with Gasteiger partial charge in [-0.05, 0) is 31.9 Å². The molecule has 1 fully saturated rings. The van der Waals surface area contributed by atoms with Gasteiger partial charge in [0.15, 0.2) is 0 Å². The second-order valence-electron chi connectivity index (χ2n) is 5.73. The molecule has 0 aliphatic carbocycles. The molecule has 3 heterocycles. The van der Waals surface area contributed by atoms with Crippen LogP contribution in [-0.2, 0) is 6.54 Å². The maximum absolute atomic E-state index is 9.82.